The monoisotopic (exact) mass is 1460 g/mol. The second-order valence-electron chi connectivity index (χ2n) is 23.0. The normalized spacial score (nSPS) is 34.0. The van der Waals surface area contributed by atoms with E-state index in [9.17, 15) is 44.7 Å². The van der Waals surface area contributed by atoms with Gasteiger partial charge in [-0.05, 0) is 88.4 Å². The standard InChI is InChI=1S/C61H85IN4O23S3/c1-13-64-34-27-82-40(25-38(34)77-8)87-53-48(72)45(66-89-41-24-35(67)55(32(5)83-41)91-56(74)42-29(2)44(62)51(54(80-11)50(42)78-9)88-57-49(73)52(79-10)47(71)31(4)85-57)30(3)84-58(53)86-37-18-16-14-15-17-21-61(76)26-36(68)46(65-59(75)81-12)43(37)33(61)20-23-90-92-60(6,7)28-63-22-19-39(69)70/h14-15,20,30-32,34-35,37-38,40-41,45,47-49,52-53,55,57-58,63-64,66-67,71-73,76H,13,19,22-28H2,1-12H3,(H,65,75)(H,69,70)/b15-14-,33-20+/t30-,31+,32-,34+,35+,37+,38+,40+,41+,45-,47+,48-,49-,52-,53-,55-,57+,58+,61+/m1/s1. The number of likely N-dealkylation sites (N-methyl/N-ethyl adjacent to an activating group) is 1. The maximum atomic E-state index is 14.5. The summed E-state index contributed by atoms with van der Waals surface area (Å²) in [5, 5.41) is 75.4. The summed E-state index contributed by atoms with van der Waals surface area (Å²) in [5.41, 5.74) is 1.02. The van der Waals surface area contributed by atoms with E-state index in [1.807, 2.05) is 43.4 Å². The smallest absolute Gasteiger partial charge is 0.411 e. The number of aliphatic carboxylic acids is 1. The number of benzene rings is 1. The molecule has 6 aliphatic rings. The zero-order valence-electron chi connectivity index (χ0n) is 53.2. The molecule has 10 N–H and O–H groups in total. The average Bonchev–Trinajstić information content (AvgIpc) is 0.762. The lowest BCUT2D eigenvalue weighted by Gasteiger charge is -2.46. The number of methoxy groups -OCH3 is 5. The van der Waals surface area contributed by atoms with E-state index in [-0.39, 0.29) is 83.9 Å². The number of ether oxygens (including phenoxy) is 12. The molecule has 1 amide bonds. The number of carboxylic acids is 1. The summed E-state index contributed by atoms with van der Waals surface area (Å²) < 4.78 is 72.4. The molecular formula is C61H85IN4O23S3. The Labute approximate surface area is 560 Å². The number of carboxylic acid groups (broad SMARTS) is 1. The Hall–Kier alpha value is -3.86. The van der Waals surface area contributed by atoms with Crippen LogP contribution in [0.3, 0.4) is 0 Å². The summed E-state index contributed by atoms with van der Waals surface area (Å²) in [5.74, 6) is 10.2. The highest BCUT2D eigenvalue weighted by atomic mass is 127. The number of alkyl carbamates (subject to hydrolysis) is 1. The van der Waals surface area contributed by atoms with E-state index in [0.717, 1.165) is 18.9 Å². The van der Waals surface area contributed by atoms with Gasteiger partial charge in [-0.1, -0.05) is 70.0 Å². The molecule has 512 valence electrons. The number of rotatable bonds is 27. The van der Waals surface area contributed by atoms with Gasteiger partial charge in [0.1, 0.15) is 36.6 Å². The van der Waals surface area contributed by atoms with Gasteiger partial charge in [-0.25, -0.2) is 4.79 Å². The number of aliphatic hydroxyl groups excluding tert-OH is 4. The molecule has 19 atom stereocenters. The van der Waals surface area contributed by atoms with Gasteiger partial charge in [0.05, 0.1) is 103 Å². The molecule has 0 spiro atoms. The summed E-state index contributed by atoms with van der Waals surface area (Å²) in [7, 11) is 9.65. The van der Waals surface area contributed by atoms with Crippen molar-refractivity contribution in [3.8, 4) is 40.9 Å². The van der Waals surface area contributed by atoms with Gasteiger partial charge in [0.25, 0.3) is 0 Å². The van der Waals surface area contributed by atoms with Crippen molar-refractivity contribution < 1.29 is 111 Å². The molecule has 7 rings (SSSR count). The van der Waals surface area contributed by atoms with Crippen LogP contribution in [-0.4, -0.2) is 241 Å². The second-order valence-corrected chi connectivity index (χ2v) is 28.3. The van der Waals surface area contributed by atoms with Crippen molar-refractivity contribution in [1.82, 2.24) is 21.4 Å². The summed E-state index contributed by atoms with van der Waals surface area (Å²) in [6.07, 6.45) is -14.5. The number of halogens is 1. The van der Waals surface area contributed by atoms with E-state index in [1.165, 1.54) is 55.1 Å². The Balaban J connectivity index is 1.13. The van der Waals surface area contributed by atoms with Crippen molar-refractivity contribution in [2.75, 3.05) is 67.5 Å². The first kappa shape index (κ1) is 75.5. The molecule has 0 unspecified atom stereocenters. The van der Waals surface area contributed by atoms with Crippen molar-refractivity contribution in [3.05, 3.63) is 49.8 Å². The first-order chi connectivity index (χ1) is 43.7. The van der Waals surface area contributed by atoms with Crippen LogP contribution in [0.4, 0.5) is 4.79 Å². The maximum Gasteiger partial charge on any atom is 0.411 e. The number of carbonyl (C=O) groups excluding carboxylic acids is 3. The van der Waals surface area contributed by atoms with Crippen molar-refractivity contribution in [3.63, 3.8) is 0 Å². The number of carbonyl (C=O) groups is 4. The minimum absolute atomic E-state index is 0.0151. The predicted octanol–water partition coefficient (Wildman–Crippen LogP) is 2.76. The van der Waals surface area contributed by atoms with Crippen LogP contribution in [0, 0.1) is 34.2 Å². The number of Topliss-reactive ketones (excluding diaryl/α,β-unsaturated/α-hetero) is 1. The van der Waals surface area contributed by atoms with Gasteiger partial charge >= 0.3 is 12.1 Å². The van der Waals surface area contributed by atoms with Crippen LogP contribution in [0.1, 0.15) is 83.1 Å². The van der Waals surface area contributed by atoms with Crippen LogP contribution in [0.5, 0.6) is 17.2 Å². The van der Waals surface area contributed by atoms with Crippen LogP contribution in [0.25, 0.3) is 0 Å². The third-order valence-corrected chi connectivity index (χ3v) is 21.8. The van der Waals surface area contributed by atoms with Gasteiger partial charge in [-0.15, -0.1) is 0 Å². The molecule has 4 heterocycles. The molecular weight excluding hydrogens is 1380 g/mol. The summed E-state index contributed by atoms with van der Waals surface area (Å²) in [6, 6.07) is -1.33. The Bertz CT molecular complexity index is 2980. The number of aliphatic hydroxyl groups is 5. The lowest BCUT2D eigenvalue weighted by atomic mass is 9.75. The number of thioether (sulfide) groups is 1. The highest BCUT2D eigenvalue weighted by Crippen LogP contribution is 2.49. The first-order valence-electron chi connectivity index (χ1n) is 29.9. The lowest BCUT2D eigenvalue weighted by Crippen LogP contribution is -2.65. The molecule has 2 aliphatic carbocycles. The number of fused-ring (bicyclic) bond motifs is 2. The number of nitrogens with one attached hydrogen (secondary N) is 4. The van der Waals surface area contributed by atoms with Gasteiger partial charge in [-0.2, -0.15) is 5.48 Å². The van der Waals surface area contributed by atoms with E-state index >= 15 is 0 Å². The Morgan fingerprint density at radius 3 is 2.26 bits per heavy atom. The topological polar surface area (TPSA) is 358 Å². The molecule has 0 radical (unpaired) electrons. The first-order valence-corrected chi connectivity index (χ1v) is 34.1. The molecule has 92 heavy (non-hydrogen) atoms. The van der Waals surface area contributed by atoms with Crippen molar-refractivity contribution in [1.29, 1.82) is 0 Å². The molecule has 27 nitrogen and oxygen atoms in total. The number of hydroxylamine groups is 1. The Kier molecular flexibility index (Phi) is 28.2. The molecule has 4 aliphatic heterocycles. The fourth-order valence-electron chi connectivity index (χ4n) is 11.2. The van der Waals surface area contributed by atoms with Crippen molar-refractivity contribution in [2.24, 2.45) is 0 Å². The predicted molar refractivity (Wildman–Crippen MR) is 345 cm³/mol. The van der Waals surface area contributed by atoms with Gasteiger partial charge in [0, 0.05) is 61.8 Å². The molecule has 31 heteroatoms. The Morgan fingerprint density at radius 1 is 0.880 bits per heavy atom. The molecule has 1 aromatic rings. The average molecular weight is 1470 g/mol. The molecule has 0 saturated carbocycles. The van der Waals surface area contributed by atoms with Crippen LogP contribution < -0.4 is 35.6 Å². The van der Waals surface area contributed by atoms with Crippen LogP contribution in [-0.2, 0) is 57.1 Å². The fourth-order valence-corrected chi connectivity index (χ4v) is 15.3. The van der Waals surface area contributed by atoms with Gasteiger partial charge in [-0.3, -0.25) is 24.5 Å². The van der Waals surface area contributed by atoms with E-state index in [0.29, 0.717) is 22.2 Å². The number of ketones is 1. The van der Waals surface area contributed by atoms with E-state index < -0.39 is 143 Å². The maximum absolute atomic E-state index is 14.5. The lowest BCUT2D eigenvalue weighted by molar-refractivity contribution is -0.336. The van der Waals surface area contributed by atoms with Crippen LogP contribution in [0.15, 0.2) is 35.1 Å². The van der Waals surface area contributed by atoms with Gasteiger partial charge < -0.3 is 98.1 Å². The number of hydrogen-bond donors (Lipinski definition) is 10. The molecule has 1 aromatic carbocycles. The van der Waals surface area contributed by atoms with E-state index in [4.69, 9.17) is 66.8 Å². The number of hydrogen-bond acceptors (Lipinski definition) is 28. The number of amides is 1. The van der Waals surface area contributed by atoms with Crippen LogP contribution in [0.2, 0.25) is 0 Å². The van der Waals surface area contributed by atoms with Gasteiger partial charge in [0.2, 0.25) is 17.2 Å². The summed E-state index contributed by atoms with van der Waals surface area (Å²) in [6.45, 7) is 14.0. The molecule has 4 saturated heterocycles. The minimum Gasteiger partial charge on any atom is -0.492 e. The molecule has 2 bridgehead atoms. The fraction of sp³-hybridized carbons (Fsp3) is 0.672. The zero-order valence-corrected chi connectivity index (χ0v) is 57.8. The zero-order chi connectivity index (χ0) is 67.4. The third-order valence-electron chi connectivity index (χ3n) is 16.0. The second kappa shape index (κ2) is 34.4. The highest BCUT2D eigenvalue weighted by Gasteiger charge is 2.52. The molecule has 0 aromatic heterocycles. The third kappa shape index (κ3) is 18.4. The van der Waals surface area contributed by atoms with Crippen LogP contribution >= 0.6 is 55.9 Å². The van der Waals surface area contributed by atoms with E-state index in [1.54, 1.807) is 40.9 Å². The molecule has 4 fully saturated rings. The largest absolute Gasteiger partial charge is 0.492 e. The summed E-state index contributed by atoms with van der Waals surface area (Å²) >= 11 is 2.81. The quantitative estimate of drug-likeness (QED) is 0.0199. The summed E-state index contributed by atoms with van der Waals surface area (Å²) in [4.78, 5) is 59.1. The highest BCUT2D eigenvalue weighted by molar-refractivity contribution is 14.1. The van der Waals surface area contributed by atoms with Gasteiger partial charge in [0.15, 0.2) is 41.8 Å². The SMILES string of the molecule is CCN[C@H]1CO[C@@H](O[C@H]2[C@H](O[C@H]3C#C/C=C\C#C[C@]4(O)CC(=O)C(NC(=O)OC)=C3/C4=C\CSSC(C)(C)CNCCC(=O)O)O[C@H](C)[C@@H](NO[C@H]3C[C@H](O)[C@H](SC(=O)c4c(C)c(I)c(O[C@@H]5O[C@@H](C)[C@H](O)[C@@H](OC)[C@H]5O)c(OC)c4OC)[C@@H](C)O3)[C@H]2O)C[C@@H]1OC. The van der Waals surface area contributed by atoms with Crippen molar-refractivity contribution in [2.45, 2.75) is 194 Å². The Morgan fingerprint density at radius 2 is 1.60 bits per heavy atom. The van der Waals surface area contributed by atoms with Crippen molar-refractivity contribution >= 4 is 78.9 Å². The van der Waals surface area contributed by atoms with E-state index in [2.05, 4.69) is 45.1 Å². The number of allylic oxidation sites excluding steroid dienone is 3. The minimum atomic E-state index is -2.14.